The maximum atomic E-state index is 10.2. The maximum Gasteiger partial charge on any atom is 0.188 e. The molecule has 6 atom stereocenters. The summed E-state index contributed by atoms with van der Waals surface area (Å²) < 4.78 is 31.5. The molecule has 36 heavy (non-hydrogen) atoms. The van der Waals surface area contributed by atoms with E-state index in [1.807, 2.05) is 97.9 Å². The molecule has 3 aromatic rings. The van der Waals surface area contributed by atoms with Crippen molar-refractivity contribution in [3.63, 3.8) is 0 Å². The summed E-state index contributed by atoms with van der Waals surface area (Å²) in [6, 6.07) is 29.8. The quantitative estimate of drug-likeness (QED) is 0.308. The summed E-state index contributed by atoms with van der Waals surface area (Å²) in [5, 5.41) is 9.95. The van der Waals surface area contributed by atoms with Gasteiger partial charge in [0.15, 0.2) is 6.29 Å². The van der Waals surface area contributed by atoms with Crippen LogP contribution in [0.4, 0.5) is 0 Å². The lowest BCUT2D eigenvalue weighted by molar-refractivity contribution is -0.328. The molecule has 0 aliphatic carbocycles. The molecule has 1 N–H and O–H groups in total. The summed E-state index contributed by atoms with van der Waals surface area (Å²) in [5.41, 5.74) is 3.07. The first-order valence-electron chi connectivity index (χ1n) is 12.2. The summed E-state index contributed by atoms with van der Waals surface area (Å²) >= 11 is 3.46. The number of hydrogen-bond donors (Lipinski definition) is 1. The minimum atomic E-state index is -0.766. The molecule has 4 rings (SSSR count). The average Bonchev–Trinajstić information content (AvgIpc) is 2.91. The molecule has 0 aromatic heterocycles. The van der Waals surface area contributed by atoms with Gasteiger partial charge in [0.05, 0.1) is 26.4 Å². The lowest BCUT2D eigenvalue weighted by atomic mass is 9.98. The van der Waals surface area contributed by atoms with E-state index in [2.05, 4.69) is 15.9 Å². The molecule has 0 radical (unpaired) electrons. The standard InChI is InChI=1S/C29H33BrO6/c1-21(30)35-29-28(34-20-24-15-9-4-10-16-24)27(33-19-23-13-7-3-8-14-23)26(25(17-31)36-29)32-18-22-11-5-2-6-12-22/h2-16,21,25-29,31H,17-20H2,1H3/t21?,25-,26-,27+,28+,29?/m1/s1. The first kappa shape index (κ1) is 26.9. The van der Waals surface area contributed by atoms with Gasteiger partial charge in [0, 0.05) is 0 Å². The highest BCUT2D eigenvalue weighted by molar-refractivity contribution is 9.09. The van der Waals surface area contributed by atoms with E-state index in [-0.39, 0.29) is 11.6 Å². The van der Waals surface area contributed by atoms with Gasteiger partial charge in [-0.2, -0.15) is 0 Å². The van der Waals surface area contributed by atoms with Crippen molar-refractivity contribution < 1.29 is 28.8 Å². The van der Waals surface area contributed by atoms with E-state index in [0.29, 0.717) is 19.8 Å². The highest BCUT2D eigenvalue weighted by Gasteiger charge is 2.49. The van der Waals surface area contributed by atoms with E-state index < -0.39 is 30.7 Å². The Morgan fingerprint density at radius 1 is 0.694 bits per heavy atom. The van der Waals surface area contributed by atoms with Gasteiger partial charge in [0.1, 0.15) is 29.4 Å². The SMILES string of the molecule is CC(Br)OC1O[C@H](CO)[C@@H](OCc2ccccc2)[C@H](OCc2ccccc2)[C@@H]1OCc1ccccc1. The lowest BCUT2D eigenvalue weighted by Gasteiger charge is -2.45. The van der Waals surface area contributed by atoms with E-state index in [1.54, 1.807) is 0 Å². The Morgan fingerprint density at radius 3 is 1.53 bits per heavy atom. The molecule has 6 nitrogen and oxygen atoms in total. The van der Waals surface area contributed by atoms with Crippen molar-refractivity contribution in [2.24, 2.45) is 0 Å². The van der Waals surface area contributed by atoms with Crippen LogP contribution in [-0.2, 0) is 43.5 Å². The Kier molecular flexibility index (Phi) is 10.5. The van der Waals surface area contributed by atoms with Gasteiger partial charge in [-0.25, -0.2) is 0 Å². The molecule has 1 saturated heterocycles. The van der Waals surface area contributed by atoms with Crippen molar-refractivity contribution >= 4 is 15.9 Å². The van der Waals surface area contributed by atoms with Gasteiger partial charge in [0.2, 0.25) is 0 Å². The predicted octanol–water partition coefficient (Wildman–Crippen LogP) is 5.22. The number of halogens is 1. The number of ether oxygens (including phenoxy) is 5. The average molecular weight is 557 g/mol. The molecule has 0 bridgehead atoms. The molecule has 0 amide bonds. The molecule has 1 fully saturated rings. The number of hydrogen-bond acceptors (Lipinski definition) is 6. The molecular formula is C29H33BrO6. The number of aliphatic hydroxyl groups excluding tert-OH is 1. The minimum absolute atomic E-state index is 0.243. The fraction of sp³-hybridized carbons (Fsp3) is 0.379. The second kappa shape index (κ2) is 14.0. The normalized spacial score (nSPS) is 24.9. The zero-order valence-corrected chi connectivity index (χ0v) is 21.9. The van der Waals surface area contributed by atoms with Gasteiger partial charge in [0.25, 0.3) is 0 Å². The van der Waals surface area contributed by atoms with Gasteiger partial charge < -0.3 is 28.8 Å². The van der Waals surface area contributed by atoms with E-state index in [4.69, 9.17) is 23.7 Å². The minimum Gasteiger partial charge on any atom is -0.394 e. The highest BCUT2D eigenvalue weighted by atomic mass is 79.9. The largest absolute Gasteiger partial charge is 0.394 e. The van der Waals surface area contributed by atoms with Gasteiger partial charge in [-0.05, 0) is 23.6 Å². The predicted molar refractivity (Wildman–Crippen MR) is 140 cm³/mol. The van der Waals surface area contributed by atoms with Crippen molar-refractivity contribution in [3.8, 4) is 0 Å². The third-order valence-corrected chi connectivity index (χ3v) is 6.16. The van der Waals surface area contributed by atoms with Crippen LogP contribution in [0.2, 0.25) is 0 Å². The van der Waals surface area contributed by atoms with Gasteiger partial charge in [-0.15, -0.1) is 0 Å². The van der Waals surface area contributed by atoms with E-state index in [0.717, 1.165) is 16.7 Å². The third kappa shape index (κ3) is 7.70. The second-order valence-corrected chi connectivity index (χ2v) is 9.98. The van der Waals surface area contributed by atoms with Crippen LogP contribution in [0.15, 0.2) is 91.0 Å². The van der Waals surface area contributed by atoms with Crippen LogP contribution in [0.1, 0.15) is 23.6 Å². The Bertz CT molecular complexity index is 1000. The first-order chi connectivity index (χ1) is 17.6. The number of aliphatic hydroxyl groups is 1. The number of rotatable bonds is 12. The molecule has 7 heteroatoms. The van der Waals surface area contributed by atoms with Crippen molar-refractivity contribution in [2.45, 2.75) is 62.5 Å². The fourth-order valence-electron chi connectivity index (χ4n) is 4.19. The van der Waals surface area contributed by atoms with Crippen molar-refractivity contribution in [2.75, 3.05) is 6.61 Å². The Balaban J connectivity index is 1.60. The lowest BCUT2D eigenvalue weighted by Crippen LogP contribution is -2.61. The van der Waals surface area contributed by atoms with Crippen LogP contribution in [0, 0.1) is 0 Å². The van der Waals surface area contributed by atoms with Crippen molar-refractivity contribution in [3.05, 3.63) is 108 Å². The van der Waals surface area contributed by atoms with Gasteiger partial charge in [-0.3, -0.25) is 0 Å². The molecule has 1 aliphatic rings. The summed E-state index contributed by atoms with van der Waals surface area (Å²) in [6.45, 7) is 2.68. The summed E-state index contributed by atoms with van der Waals surface area (Å²) in [5.74, 6) is 0. The van der Waals surface area contributed by atoms with E-state index in [9.17, 15) is 5.11 Å². The van der Waals surface area contributed by atoms with Crippen LogP contribution in [0.25, 0.3) is 0 Å². The van der Waals surface area contributed by atoms with Gasteiger partial charge in [-0.1, -0.05) is 107 Å². The van der Waals surface area contributed by atoms with Crippen molar-refractivity contribution in [1.82, 2.24) is 0 Å². The van der Waals surface area contributed by atoms with Gasteiger partial charge >= 0.3 is 0 Å². The molecule has 0 saturated carbocycles. The smallest absolute Gasteiger partial charge is 0.188 e. The van der Waals surface area contributed by atoms with E-state index in [1.165, 1.54) is 0 Å². The highest BCUT2D eigenvalue weighted by Crippen LogP contribution is 2.32. The zero-order valence-electron chi connectivity index (χ0n) is 20.3. The molecule has 1 aliphatic heterocycles. The van der Waals surface area contributed by atoms with Crippen LogP contribution in [-0.4, -0.2) is 47.4 Å². The molecule has 192 valence electrons. The molecular weight excluding hydrogens is 524 g/mol. The Morgan fingerprint density at radius 2 is 1.11 bits per heavy atom. The van der Waals surface area contributed by atoms with Crippen molar-refractivity contribution in [1.29, 1.82) is 0 Å². The Labute approximate surface area is 221 Å². The van der Waals surface area contributed by atoms with E-state index >= 15 is 0 Å². The molecule has 2 unspecified atom stereocenters. The summed E-state index contributed by atoms with van der Waals surface area (Å²) in [6.07, 6.45) is -3.15. The number of alkyl halides is 1. The first-order valence-corrected chi connectivity index (χ1v) is 13.1. The maximum absolute atomic E-state index is 10.2. The third-order valence-electron chi connectivity index (χ3n) is 5.95. The molecule has 3 aromatic carbocycles. The summed E-state index contributed by atoms with van der Waals surface area (Å²) in [7, 11) is 0. The zero-order chi connectivity index (χ0) is 25.2. The monoisotopic (exact) mass is 556 g/mol. The topological polar surface area (TPSA) is 66.4 Å². The van der Waals surface area contributed by atoms with Crippen LogP contribution >= 0.6 is 15.9 Å². The second-order valence-electron chi connectivity index (χ2n) is 8.69. The molecule has 0 spiro atoms. The van der Waals surface area contributed by atoms with Crippen LogP contribution < -0.4 is 0 Å². The fourth-order valence-corrected chi connectivity index (χ4v) is 4.40. The molecule has 1 heterocycles. The van der Waals surface area contributed by atoms with Crippen LogP contribution in [0.5, 0.6) is 0 Å². The summed E-state index contributed by atoms with van der Waals surface area (Å²) in [4.78, 5) is 0. The number of benzene rings is 3. The Hall–Kier alpha value is -2.10. The van der Waals surface area contributed by atoms with Crippen LogP contribution in [0.3, 0.4) is 0 Å².